The maximum Gasteiger partial charge on any atom is 0.343 e. The van der Waals surface area contributed by atoms with Gasteiger partial charge >= 0.3 is 12.5 Å². The van der Waals surface area contributed by atoms with Crippen molar-refractivity contribution >= 4 is 28.6 Å². The van der Waals surface area contributed by atoms with Crippen LogP contribution in [-0.4, -0.2) is 25.3 Å². The Bertz CT molecular complexity index is 1280. The molecule has 0 aliphatic rings. The van der Waals surface area contributed by atoms with Gasteiger partial charge in [0.05, 0.1) is 23.3 Å². The first kappa shape index (κ1) is 21.9. The third-order valence-corrected chi connectivity index (χ3v) is 5.36. The summed E-state index contributed by atoms with van der Waals surface area (Å²) in [6.45, 7) is 0.402. The van der Waals surface area contributed by atoms with Gasteiger partial charge in [-0.1, -0.05) is 35.9 Å². The molecule has 0 aliphatic heterocycles. The molecule has 0 spiro atoms. The van der Waals surface area contributed by atoms with Crippen molar-refractivity contribution in [3.05, 3.63) is 82.1 Å². The van der Waals surface area contributed by atoms with Gasteiger partial charge in [0, 0.05) is 0 Å². The fraction of sp³-hybridized carbons (Fsp3) is 0.227. The van der Waals surface area contributed by atoms with Crippen LogP contribution in [0.15, 0.2) is 48.5 Å². The number of benzene rings is 2. The lowest BCUT2D eigenvalue weighted by Gasteiger charge is -2.15. The summed E-state index contributed by atoms with van der Waals surface area (Å²) in [4.78, 5) is 17.1. The number of hydrogen-bond donors (Lipinski definition) is 0. The molecule has 1 atom stereocenters. The van der Waals surface area contributed by atoms with Crippen molar-refractivity contribution < 1.29 is 22.7 Å². The highest BCUT2D eigenvalue weighted by Crippen LogP contribution is 2.30. The van der Waals surface area contributed by atoms with Crippen molar-refractivity contribution in [2.24, 2.45) is 0 Å². The lowest BCUT2D eigenvalue weighted by Crippen LogP contribution is -2.15. The molecule has 0 amide bonds. The van der Waals surface area contributed by atoms with E-state index >= 15 is 0 Å². The van der Waals surface area contributed by atoms with Gasteiger partial charge in [-0.2, -0.15) is 13.9 Å². The number of hydrogen-bond acceptors (Lipinski definition) is 4. The number of ether oxygens (including phenoxy) is 1. The highest BCUT2D eigenvalue weighted by molar-refractivity contribution is 6.32. The standard InChI is InChI=1S/C22H18ClF3N4O2/c1-12-18(19(23)29(28-12)11-14-7-9-15(24)10-8-14)21(31)32-13(2)20-27-16-5-3-4-6-17(16)30(20)22(25)26/h3-10,13,22H,11H2,1-2H3. The molecule has 6 nitrogen and oxygen atoms in total. The van der Waals surface area contributed by atoms with Crippen LogP contribution in [0, 0.1) is 12.7 Å². The van der Waals surface area contributed by atoms with Crippen molar-refractivity contribution in [3.8, 4) is 0 Å². The SMILES string of the molecule is Cc1nn(Cc2ccc(F)cc2)c(Cl)c1C(=O)OC(C)c1nc2ccccc2n1C(F)F. The van der Waals surface area contributed by atoms with Crippen LogP contribution in [0.5, 0.6) is 0 Å². The molecule has 0 bridgehead atoms. The fourth-order valence-corrected chi connectivity index (χ4v) is 3.79. The second-order valence-electron chi connectivity index (χ2n) is 7.19. The predicted octanol–water partition coefficient (Wildman–Crippen LogP) is 5.70. The van der Waals surface area contributed by atoms with Crippen molar-refractivity contribution in [1.29, 1.82) is 0 Å². The fourth-order valence-electron chi connectivity index (χ4n) is 3.48. The number of imidazole rings is 1. The summed E-state index contributed by atoms with van der Waals surface area (Å²) in [6, 6.07) is 12.2. The lowest BCUT2D eigenvalue weighted by molar-refractivity contribution is 0.0232. The summed E-state index contributed by atoms with van der Waals surface area (Å²) >= 11 is 6.37. The summed E-state index contributed by atoms with van der Waals surface area (Å²) in [5.41, 5.74) is 1.68. The molecule has 0 radical (unpaired) electrons. The summed E-state index contributed by atoms with van der Waals surface area (Å²) < 4.78 is 48.1. The third-order valence-electron chi connectivity index (χ3n) is 4.98. The van der Waals surface area contributed by atoms with Gasteiger partial charge in [-0.25, -0.2) is 18.9 Å². The minimum atomic E-state index is -2.86. The van der Waals surface area contributed by atoms with Gasteiger partial charge in [-0.15, -0.1) is 0 Å². The quantitative estimate of drug-likeness (QED) is 0.345. The largest absolute Gasteiger partial charge is 0.451 e. The number of carbonyl (C=O) groups is 1. The number of esters is 1. The van der Waals surface area contributed by atoms with Crippen LogP contribution in [-0.2, 0) is 11.3 Å². The van der Waals surface area contributed by atoms with Crippen molar-refractivity contribution in [1.82, 2.24) is 19.3 Å². The molecule has 0 saturated heterocycles. The van der Waals surface area contributed by atoms with Crippen LogP contribution < -0.4 is 0 Å². The zero-order valence-electron chi connectivity index (χ0n) is 17.1. The minimum absolute atomic E-state index is 0.0281. The van der Waals surface area contributed by atoms with E-state index in [1.54, 1.807) is 37.3 Å². The number of para-hydroxylation sites is 2. The molecule has 10 heteroatoms. The highest BCUT2D eigenvalue weighted by Gasteiger charge is 2.28. The van der Waals surface area contributed by atoms with E-state index in [1.807, 2.05) is 0 Å². The van der Waals surface area contributed by atoms with E-state index in [-0.39, 0.29) is 34.4 Å². The number of fused-ring (bicyclic) bond motifs is 1. The zero-order chi connectivity index (χ0) is 23.0. The van der Waals surface area contributed by atoms with Gasteiger partial charge in [-0.05, 0) is 43.7 Å². The molecule has 32 heavy (non-hydrogen) atoms. The van der Waals surface area contributed by atoms with Crippen molar-refractivity contribution in [3.63, 3.8) is 0 Å². The number of aromatic nitrogens is 4. The van der Waals surface area contributed by atoms with Crippen molar-refractivity contribution in [2.45, 2.75) is 33.0 Å². The number of aryl methyl sites for hydroxylation is 1. The molecular formula is C22H18ClF3N4O2. The Kier molecular flexibility index (Phi) is 5.92. The first-order chi connectivity index (χ1) is 15.3. The predicted molar refractivity (Wildman–Crippen MR) is 112 cm³/mol. The van der Waals surface area contributed by atoms with Gasteiger partial charge in [0.15, 0.2) is 11.9 Å². The first-order valence-corrected chi connectivity index (χ1v) is 10.1. The Morgan fingerprint density at radius 1 is 1.16 bits per heavy atom. The normalized spacial score (nSPS) is 12.5. The average molecular weight is 463 g/mol. The molecular weight excluding hydrogens is 445 g/mol. The molecule has 0 N–H and O–H groups in total. The van der Waals surface area contributed by atoms with E-state index in [0.717, 1.165) is 10.1 Å². The molecule has 166 valence electrons. The van der Waals surface area contributed by atoms with Crippen LogP contribution in [0.1, 0.15) is 47.0 Å². The average Bonchev–Trinajstić information content (AvgIpc) is 3.27. The Morgan fingerprint density at radius 2 is 1.84 bits per heavy atom. The van der Waals surface area contributed by atoms with E-state index in [1.165, 1.54) is 29.8 Å². The Balaban J connectivity index is 1.59. The summed E-state index contributed by atoms with van der Waals surface area (Å²) in [5.74, 6) is -1.26. The summed E-state index contributed by atoms with van der Waals surface area (Å²) in [7, 11) is 0. The maximum absolute atomic E-state index is 13.7. The summed E-state index contributed by atoms with van der Waals surface area (Å²) in [5, 5.41) is 4.29. The molecule has 4 rings (SSSR count). The number of nitrogens with zero attached hydrogens (tertiary/aromatic N) is 4. The molecule has 0 aliphatic carbocycles. The van der Waals surface area contributed by atoms with Crippen LogP contribution >= 0.6 is 11.6 Å². The Labute approximate surface area is 186 Å². The van der Waals surface area contributed by atoms with Gasteiger partial charge in [0.2, 0.25) is 0 Å². The lowest BCUT2D eigenvalue weighted by atomic mass is 10.2. The van der Waals surface area contributed by atoms with Crippen LogP contribution in [0.25, 0.3) is 11.0 Å². The van der Waals surface area contributed by atoms with E-state index in [9.17, 15) is 18.0 Å². The Hall–Kier alpha value is -3.33. The molecule has 0 fully saturated rings. The van der Waals surface area contributed by atoms with Crippen LogP contribution in [0.4, 0.5) is 13.2 Å². The van der Waals surface area contributed by atoms with E-state index < -0.39 is 18.6 Å². The van der Waals surface area contributed by atoms with E-state index in [4.69, 9.17) is 16.3 Å². The molecule has 0 saturated carbocycles. The van der Waals surface area contributed by atoms with Crippen molar-refractivity contribution in [2.75, 3.05) is 0 Å². The smallest absolute Gasteiger partial charge is 0.343 e. The van der Waals surface area contributed by atoms with Gasteiger partial charge in [0.25, 0.3) is 0 Å². The van der Waals surface area contributed by atoms with E-state index in [2.05, 4.69) is 10.1 Å². The monoisotopic (exact) mass is 462 g/mol. The van der Waals surface area contributed by atoms with Gasteiger partial charge < -0.3 is 4.74 Å². The maximum atomic E-state index is 13.7. The Morgan fingerprint density at radius 3 is 2.53 bits per heavy atom. The number of alkyl halides is 2. The second-order valence-corrected chi connectivity index (χ2v) is 7.55. The molecule has 1 unspecified atom stereocenters. The minimum Gasteiger partial charge on any atom is -0.451 e. The molecule has 2 aromatic heterocycles. The second kappa shape index (κ2) is 8.66. The topological polar surface area (TPSA) is 61.9 Å². The first-order valence-electron chi connectivity index (χ1n) is 9.69. The number of rotatable bonds is 6. The molecule has 2 heterocycles. The van der Waals surface area contributed by atoms with Gasteiger partial charge in [-0.3, -0.25) is 4.57 Å². The zero-order valence-corrected chi connectivity index (χ0v) is 17.9. The highest BCUT2D eigenvalue weighted by atomic mass is 35.5. The van der Waals surface area contributed by atoms with Crippen LogP contribution in [0.3, 0.4) is 0 Å². The third kappa shape index (κ3) is 4.08. The number of carbonyl (C=O) groups excluding carboxylic acids is 1. The van der Waals surface area contributed by atoms with Crippen LogP contribution in [0.2, 0.25) is 5.15 Å². The molecule has 4 aromatic rings. The number of halogens is 4. The summed E-state index contributed by atoms with van der Waals surface area (Å²) in [6.07, 6.45) is -1.07. The van der Waals surface area contributed by atoms with Gasteiger partial charge in [0.1, 0.15) is 16.5 Å². The van der Waals surface area contributed by atoms with E-state index in [0.29, 0.717) is 11.2 Å². The molecule has 2 aromatic carbocycles.